The highest BCUT2D eigenvalue weighted by atomic mass is 19.1. The first-order valence-corrected chi connectivity index (χ1v) is 9.82. The van der Waals surface area contributed by atoms with Gasteiger partial charge in [0.25, 0.3) is 11.8 Å². The van der Waals surface area contributed by atoms with Crippen LogP contribution in [0.4, 0.5) is 4.39 Å². The molecule has 0 spiro atoms. The first kappa shape index (κ1) is 19.9. The number of aliphatic hydroxyl groups is 1. The normalized spacial score (nSPS) is 18.6. The highest BCUT2D eigenvalue weighted by Gasteiger charge is 2.48. The third-order valence-electron chi connectivity index (χ3n) is 5.69. The number of rotatable bonds is 4. The van der Waals surface area contributed by atoms with Gasteiger partial charge in [-0.15, -0.1) is 0 Å². The molecule has 1 aliphatic rings. The van der Waals surface area contributed by atoms with E-state index in [2.05, 4.69) is 10.3 Å². The predicted molar refractivity (Wildman–Crippen MR) is 111 cm³/mol. The number of hydrogen-bond donors (Lipinski definition) is 2. The summed E-state index contributed by atoms with van der Waals surface area (Å²) in [5.41, 5.74) is 5.77. The number of primary amides is 1. The maximum atomic E-state index is 13.7. The van der Waals surface area contributed by atoms with Gasteiger partial charge in [0, 0.05) is 37.0 Å². The van der Waals surface area contributed by atoms with Gasteiger partial charge < -0.3 is 20.3 Å². The lowest BCUT2D eigenvalue weighted by Crippen LogP contribution is -2.35. The van der Waals surface area contributed by atoms with Crippen LogP contribution in [0.5, 0.6) is 0 Å². The van der Waals surface area contributed by atoms with Crippen LogP contribution in [0.25, 0.3) is 27.8 Å². The van der Waals surface area contributed by atoms with Crippen LogP contribution in [0.15, 0.2) is 53.1 Å². The van der Waals surface area contributed by atoms with Crippen LogP contribution in [-0.2, 0) is 10.4 Å². The Bertz CT molecular complexity index is 1390. The van der Waals surface area contributed by atoms with E-state index in [1.165, 1.54) is 33.8 Å². The molecule has 1 aliphatic heterocycles. The molecule has 0 aliphatic carbocycles. The molecule has 32 heavy (non-hydrogen) atoms. The molecule has 0 radical (unpaired) electrons. The van der Waals surface area contributed by atoms with Crippen LogP contribution < -0.4 is 5.73 Å². The van der Waals surface area contributed by atoms with Crippen LogP contribution in [0.1, 0.15) is 22.7 Å². The third-order valence-corrected chi connectivity index (χ3v) is 5.69. The van der Waals surface area contributed by atoms with E-state index in [9.17, 15) is 19.1 Å². The van der Waals surface area contributed by atoms with E-state index in [0.29, 0.717) is 34.4 Å². The van der Waals surface area contributed by atoms with Crippen molar-refractivity contribution in [1.82, 2.24) is 19.8 Å². The summed E-state index contributed by atoms with van der Waals surface area (Å²) < 4.78 is 20.5. The number of likely N-dealkylation sites (tertiary alicyclic amines) is 1. The number of amides is 2. The minimum Gasteiger partial charge on any atom is -0.373 e. The minimum absolute atomic E-state index is 0.0419. The molecule has 2 aromatic heterocycles. The van der Waals surface area contributed by atoms with E-state index >= 15 is 0 Å². The molecule has 9 nitrogen and oxygen atoms in total. The lowest BCUT2D eigenvalue weighted by atomic mass is 9.98. The van der Waals surface area contributed by atoms with Crippen LogP contribution in [0.3, 0.4) is 0 Å². The highest BCUT2D eigenvalue weighted by Crippen LogP contribution is 2.35. The largest absolute Gasteiger partial charge is 0.373 e. The Balaban J connectivity index is 1.57. The molecule has 4 aromatic rings. The van der Waals surface area contributed by atoms with Crippen molar-refractivity contribution in [3.63, 3.8) is 0 Å². The van der Waals surface area contributed by atoms with Crippen molar-refractivity contribution < 1.29 is 23.6 Å². The topological polar surface area (TPSA) is 127 Å². The monoisotopic (exact) mass is 435 g/mol. The second-order valence-corrected chi connectivity index (χ2v) is 7.75. The number of halogens is 1. The SMILES string of the molecule is CN1CC[C@@](O)(c2cc(-c3cccc(-n4nc(C(N)=O)c5cc(F)ccc54)c3)no2)C1=O. The van der Waals surface area contributed by atoms with Gasteiger partial charge in [-0.25, -0.2) is 9.07 Å². The van der Waals surface area contributed by atoms with E-state index < -0.39 is 23.2 Å². The Morgan fingerprint density at radius 2 is 2.06 bits per heavy atom. The standard InChI is InChI=1S/C22H18FN5O4/c1-27-8-7-22(31,21(27)30)18-11-16(26-32-18)12-3-2-4-14(9-12)28-17-6-5-13(23)10-15(17)19(25-28)20(24)29/h2-6,9-11,31H,7-8H2,1H3,(H2,24,29)/t22-/m1/s1. The molecular formula is C22H18FN5O4. The molecule has 2 amide bonds. The molecular weight excluding hydrogens is 417 g/mol. The second-order valence-electron chi connectivity index (χ2n) is 7.75. The zero-order chi connectivity index (χ0) is 22.6. The lowest BCUT2D eigenvalue weighted by Gasteiger charge is -2.16. The fourth-order valence-electron chi connectivity index (χ4n) is 3.95. The summed E-state index contributed by atoms with van der Waals surface area (Å²) in [5.74, 6) is -1.64. The number of likely N-dealkylation sites (N-methyl/N-ethyl adjacent to an activating group) is 1. The third kappa shape index (κ3) is 2.95. The van der Waals surface area contributed by atoms with Crippen LogP contribution >= 0.6 is 0 Å². The van der Waals surface area contributed by atoms with Crippen LogP contribution in [0, 0.1) is 5.82 Å². The van der Waals surface area contributed by atoms with Gasteiger partial charge in [0.2, 0.25) is 5.60 Å². The van der Waals surface area contributed by atoms with E-state index in [4.69, 9.17) is 10.3 Å². The van der Waals surface area contributed by atoms with E-state index in [1.807, 2.05) is 0 Å². The quantitative estimate of drug-likeness (QED) is 0.505. The molecule has 1 saturated heterocycles. The van der Waals surface area contributed by atoms with Crippen LogP contribution in [-0.4, -0.2) is 50.4 Å². The molecule has 3 N–H and O–H groups in total. The number of benzene rings is 2. The Morgan fingerprint density at radius 3 is 2.78 bits per heavy atom. The van der Waals surface area contributed by atoms with E-state index in [-0.39, 0.29) is 17.9 Å². The molecule has 1 fully saturated rings. The molecule has 0 unspecified atom stereocenters. The Morgan fingerprint density at radius 1 is 1.25 bits per heavy atom. The molecule has 162 valence electrons. The van der Waals surface area contributed by atoms with Crippen LogP contribution in [0.2, 0.25) is 0 Å². The predicted octanol–water partition coefficient (Wildman–Crippen LogP) is 1.97. The van der Waals surface area contributed by atoms with Crippen molar-refractivity contribution >= 4 is 22.7 Å². The molecule has 5 rings (SSSR count). The zero-order valence-electron chi connectivity index (χ0n) is 16.9. The number of carbonyl (C=O) groups is 2. The molecule has 1 atom stereocenters. The van der Waals surface area contributed by atoms with Crippen molar-refractivity contribution in [2.45, 2.75) is 12.0 Å². The van der Waals surface area contributed by atoms with Crippen molar-refractivity contribution in [2.75, 3.05) is 13.6 Å². The number of aromatic nitrogens is 3. The van der Waals surface area contributed by atoms with Gasteiger partial charge in [0.05, 0.1) is 11.2 Å². The number of carbonyl (C=O) groups excluding carboxylic acids is 2. The van der Waals surface area contributed by atoms with Crippen molar-refractivity contribution in [2.24, 2.45) is 5.73 Å². The summed E-state index contributed by atoms with van der Waals surface area (Å²) in [6.07, 6.45) is 0.211. The molecule has 0 bridgehead atoms. The van der Waals surface area contributed by atoms with Crippen molar-refractivity contribution in [1.29, 1.82) is 0 Å². The van der Waals surface area contributed by atoms with Crippen molar-refractivity contribution in [3.8, 4) is 16.9 Å². The molecule has 10 heteroatoms. The Labute approximate surface area is 180 Å². The highest BCUT2D eigenvalue weighted by molar-refractivity contribution is 6.04. The van der Waals surface area contributed by atoms with Gasteiger partial charge >= 0.3 is 0 Å². The Hall–Kier alpha value is -4.05. The zero-order valence-corrected chi connectivity index (χ0v) is 16.9. The molecule has 3 heterocycles. The first-order chi connectivity index (χ1) is 15.3. The fourth-order valence-corrected chi connectivity index (χ4v) is 3.95. The summed E-state index contributed by atoms with van der Waals surface area (Å²) in [4.78, 5) is 25.6. The maximum Gasteiger partial charge on any atom is 0.269 e. The summed E-state index contributed by atoms with van der Waals surface area (Å²) in [5, 5.41) is 19.4. The van der Waals surface area contributed by atoms with E-state index in [0.717, 1.165) is 0 Å². The number of nitrogens with two attached hydrogens (primary N) is 1. The van der Waals surface area contributed by atoms with Crippen molar-refractivity contribution in [3.05, 3.63) is 65.8 Å². The molecule has 0 saturated carbocycles. The lowest BCUT2D eigenvalue weighted by molar-refractivity contribution is -0.144. The summed E-state index contributed by atoms with van der Waals surface area (Å²) in [6.45, 7) is 0.413. The maximum absolute atomic E-state index is 13.7. The van der Waals surface area contributed by atoms with Gasteiger partial charge in [-0.3, -0.25) is 9.59 Å². The average molecular weight is 435 g/mol. The van der Waals surface area contributed by atoms with Gasteiger partial charge in [-0.1, -0.05) is 17.3 Å². The fraction of sp³-hybridized carbons (Fsp3) is 0.182. The van der Waals surface area contributed by atoms with E-state index in [1.54, 1.807) is 31.3 Å². The number of hydrogen-bond acceptors (Lipinski definition) is 6. The van der Waals surface area contributed by atoms with Gasteiger partial charge in [-0.2, -0.15) is 5.10 Å². The smallest absolute Gasteiger partial charge is 0.269 e. The van der Waals surface area contributed by atoms with Gasteiger partial charge in [0.15, 0.2) is 11.5 Å². The number of fused-ring (bicyclic) bond motifs is 1. The average Bonchev–Trinajstić information content (AvgIpc) is 3.48. The van der Waals surface area contributed by atoms with Gasteiger partial charge in [-0.05, 0) is 30.3 Å². The molecule has 2 aromatic carbocycles. The second kappa shape index (κ2) is 6.99. The minimum atomic E-state index is -1.74. The van der Waals surface area contributed by atoms with Gasteiger partial charge in [0.1, 0.15) is 11.5 Å². The summed E-state index contributed by atoms with van der Waals surface area (Å²) in [6, 6.07) is 12.6. The first-order valence-electron chi connectivity index (χ1n) is 9.82. The number of nitrogens with zero attached hydrogens (tertiary/aromatic N) is 4. The Kier molecular flexibility index (Phi) is 4.34. The summed E-state index contributed by atoms with van der Waals surface area (Å²) >= 11 is 0. The summed E-state index contributed by atoms with van der Waals surface area (Å²) in [7, 11) is 1.61.